The van der Waals surface area contributed by atoms with Crippen LogP contribution in [0, 0.1) is 5.92 Å². The minimum atomic E-state index is -4.49. The number of nitrogens with two attached hydrogens (primary N) is 1. The van der Waals surface area contributed by atoms with Crippen LogP contribution < -0.4 is 5.73 Å². The molecule has 0 radical (unpaired) electrons. The lowest BCUT2D eigenvalue weighted by Crippen LogP contribution is -2.46. The lowest BCUT2D eigenvalue weighted by molar-refractivity contribution is -0.182. The normalized spacial score (nSPS) is 20.8. The van der Waals surface area contributed by atoms with E-state index in [1.807, 2.05) is 6.92 Å². The Hall–Kier alpha value is -2.56. The van der Waals surface area contributed by atoms with E-state index < -0.39 is 23.5 Å². The highest BCUT2D eigenvalue weighted by Gasteiger charge is 2.51. The number of hydrogen-bond donors (Lipinski definition) is 1. The van der Waals surface area contributed by atoms with Crippen LogP contribution in [0.15, 0.2) is 6.20 Å². The summed E-state index contributed by atoms with van der Waals surface area (Å²) in [4.78, 5) is 39.7. The molecule has 0 saturated carbocycles. The largest absolute Gasteiger partial charge is 0.400 e. The molecule has 1 aliphatic carbocycles. The van der Waals surface area contributed by atoms with Crippen molar-refractivity contribution < 1.29 is 22.8 Å². The number of aryl methyl sites for hydroxylation is 2. The number of alkyl halides is 3. The third-order valence-electron chi connectivity index (χ3n) is 6.33. The third-order valence-corrected chi connectivity index (χ3v) is 7.44. The molecular formula is C21H24F3N5O2S. The highest BCUT2D eigenvalue weighted by atomic mass is 32.1. The van der Waals surface area contributed by atoms with E-state index in [4.69, 9.17) is 5.73 Å². The van der Waals surface area contributed by atoms with Gasteiger partial charge in [-0.3, -0.25) is 9.59 Å². The Morgan fingerprint density at radius 3 is 2.62 bits per heavy atom. The molecule has 2 N–H and O–H groups in total. The van der Waals surface area contributed by atoms with Crippen LogP contribution >= 0.6 is 11.3 Å². The highest BCUT2D eigenvalue weighted by molar-refractivity contribution is 7.15. The topological polar surface area (TPSA) is 102 Å². The number of halogens is 3. The predicted molar refractivity (Wildman–Crippen MR) is 112 cm³/mol. The summed E-state index contributed by atoms with van der Waals surface area (Å²) >= 11 is 1.26. The monoisotopic (exact) mass is 467 g/mol. The van der Waals surface area contributed by atoms with Crippen LogP contribution in [-0.2, 0) is 34.3 Å². The molecule has 3 heterocycles. The molecule has 172 valence electrons. The number of nitrogens with zero attached hydrogens (tertiary/aromatic N) is 4. The van der Waals surface area contributed by atoms with E-state index in [-0.39, 0.29) is 24.1 Å². The molecule has 1 fully saturated rings. The smallest absolute Gasteiger partial charge is 0.368 e. The molecule has 32 heavy (non-hydrogen) atoms. The number of thiazole rings is 1. The molecule has 0 bridgehead atoms. The minimum Gasteiger partial charge on any atom is -0.368 e. The van der Waals surface area contributed by atoms with E-state index in [9.17, 15) is 22.8 Å². The first kappa shape index (κ1) is 22.6. The van der Waals surface area contributed by atoms with Gasteiger partial charge in [0, 0.05) is 12.7 Å². The van der Waals surface area contributed by atoms with Crippen molar-refractivity contribution >= 4 is 23.2 Å². The molecule has 4 rings (SSSR count). The Morgan fingerprint density at radius 1 is 1.25 bits per heavy atom. The van der Waals surface area contributed by atoms with Gasteiger partial charge in [0.2, 0.25) is 11.8 Å². The molecule has 0 aromatic carbocycles. The minimum absolute atomic E-state index is 0.0000598. The molecule has 2 atom stereocenters. The molecule has 0 spiro atoms. The van der Waals surface area contributed by atoms with Crippen LogP contribution in [0.1, 0.15) is 49.3 Å². The maximum atomic E-state index is 13.5. The van der Waals surface area contributed by atoms with Crippen molar-refractivity contribution in [2.24, 2.45) is 11.7 Å². The van der Waals surface area contributed by atoms with Crippen LogP contribution in [0.4, 0.5) is 13.2 Å². The Kier molecular flexibility index (Phi) is 5.51. The number of hydrogen-bond acceptors (Lipinski definition) is 6. The van der Waals surface area contributed by atoms with Gasteiger partial charge in [-0.1, -0.05) is 6.92 Å². The van der Waals surface area contributed by atoms with Gasteiger partial charge >= 0.3 is 6.18 Å². The van der Waals surface area contributed by atoms with E-state index in [0.29, 0.717) is 41.4 Å². The van der Waals surface area contributed by atoms with E-state index in [2.05, 4.69) is 15.0 Å². The zero-order valence-corrected chi connectivity index (χ0v) is 18.8. The number of carbonyl (C=O) groups excluding carboxylic acids is 2. The molecule has 2 aromatic rings. The van der Waals surface area contributed by atoms with Crippen molar-refractivity contribution in [3.05, 3.63) is 28.3 Å². The van der Waals surface area contributed by atoms with Gasteiger partial charge in [-0.25, -0.2) is 15.0 Å². The van der Waals surface area contributed by atoms with Gasteiger partial charge in [0.15, 0.2) is 0 Å². The number of rotatable bonds is 4. The lowest BCUT2D eigenvalue weighted by Gasteiger charge is -2.27. The standard InChI is InChI=1S/C21H24F3N5O2S/c1-10-6-7-29(16(10)18(25)31)14(30)8-13-27-12-5-4-11-9-26-19(20(2,3)21(22,23)24)28-15(11)17(12)32-13/h9-10,16H,4-8H2,1-3H3,(H2,25,31)/t10-,16+/m1/s1. The maximum absolute atomic E-state index is 13.5. The van der Waals surface area contributed by atoms with Gasteiger partial charge in [-0.05, 0) is 44.6 Å². The predicted octanol–water partition coefficient (Wildman–Crippen LogP) is 2.80. The number of fused-ring (bicyclic) bond motifs is 3. The van der Waals surface area contributed by atoms with E-state index >= 15 is 0 Å². The quantitative estimate of drug-likeness (QED) is 0.745. The molecule has 2 aliphatic rings. The second-order valence-corrected chi connectivity index (χ2v) is 10.0. The second-order valence-electron chi connectivity index (χ2n) is 8.95. The Labute approximate surface area is 187 Å². The molecule has 2 amide bonds. The van der Waals surface area contributed by atoms with Crippen LogP contribution in [0.5, 0.6) is 0 Å². The molecule has 1 saturated heterocycles. The van der Waals surface area contributed by atoms with Crippen LogP contribution in [-0.4, -0.2) is 50.4 Å². The van der Waals surface area contributed by atoms with Gasteiger partial charge in [-0.15, -0.1) is 11.3 Å². The maximum Gasteiger partial charge on any atom is 0.400 e. The van der Waals surface area contributed by atoms with Gasteiger partial charge in [0.1, 0.15) is 22.3 Å². The van der Waals surface area contributed by atoms with Gasteiger partial charge < -0.3 is 10.6 Å². The summed E-state index contributed by atoms with van der Waals surface area (Å²) in [7, 11) is 0. The summed E-state index contributed by atoms with van der Waals surface area (Å²) in [5.74, 6) is -1.05. The first-order chi connectivity index (χ1) is 14.9. The number of aromatic nitrogens is 3. The van der Waals surface area contributed by atoms with Crippen molar-refractivity contribution in [1.29, 1.82) is 0 Å². The molecule has 0 unspecified atom stereocenters. The first-order valence-electron chi connectivity index (χ1n) is 10.4. The highest BCUT2D eigenvalue weighted by Crippen LogP contribution is 2.42. The zero-order chi connectivity index (χ0) is 23.4. The summed E-state index contributed by atoms with van der Waals surface area (Å²) in [6, 6.07) is -0.627. The van der Waals surface area contributed by atoms with Crippen molar-refractivity contribution in [1.82, 2.24) is 19.9 Å². The fraction of sp³-hybridized carbons (Fsp3) is 0.571. The van der Waals surface area contributed by atoms with E-state index in [1.165, 1.54) is 22.4 Å². The Morgan fingerprint density at radius 2 is 1.97 bits per heavy atom. The van der Waals surface area contributed by atoms with Crippen molar-refractivity contribution in [3.8, 4) is 10.6 Å². The molecule has 11 heteroatoms. The van der Waals surface area contributed by atoms with E-state index in [1.54, 1.807) is 0 Å². The number of primary amides is 1. The summed E-state index contributed by atoms with van der Waals surface area (Å²) in [6.45, 7) is 4.47. The van der Waals surface area contributed by atoms with Crippen LogP contribution in [0.2, 0.25) is 0 Å². The molecular weight excluding hydrogens is 443 g/mol. The Balaban J connectivity index is 1.62. The van der Waals surface area contributed by atoms with Crippen LogP contribution in [0.3, 0.4) is 0 Å². The summed E-state index contributed by atoms with van der Waals surface area (Å²) in [5, 5.41) is 0.547. The summed E-state index contributed by atoms with van der Waals surface area (Å²) in [5.41, 5.74) is 5.23. The third kappa shape index (κ3) is 3.76. The average molecular weight is 468 g/mol. The SMILES string of the molecule is C[C@@H]1CCN(C(=O)Cc2nc3c(s2)-c2nc(C(C)(C)C(F)(F)F)ncc2CC3)[C@@H]1C(N)=O. The number of carbonyl (C=O) groups is 2. The Bertz CT molecular complexity index is 1080. The fourth-order valence-electron chi connectivity index (χ4n) is 4.19. The van der Waals surface area contributed by atoms with Crippen molar-refractivity contribution in [3.63, 3.8) is 0 Å². The second kappa shape index (κ2) is 7.79. The van der Waals surface area contributed by atoms with E-state index in [0.717, 1.165) is 25.1 Å². The van der Waals surface area contributed by atoms with Crippen molar-refractivity contribution in [2.75, 3.05) is 6.54 Å². The first-order valence-corrected chi connectivity index (χ1v) is 11.2. The van der Waals surface area contributed by atoms with Gasteiger partial charge in [0.05, 0.1) is 22.7 Å². The summed E-state index contributed by atoms with van der Waals surface area (Å²) in [6.07, 6.45) is -1.15. The summed E-state index contributed by atoms with van der Waals surface area (Å²) < 4.78 is 40.5. The molecule has 1 aliphatic heterocycles. The van der Waals surface area contributed by atoms with Crippen molar-refractivity contribution in [2.45, 2.75) is 64.1 Å². The zero-order valence-electron chi connectivity index (χ0n) is 18.0. The van der Waals surface area contributed by atoms with Crippen LogP contribution in [0.25, 0.3) is 10.6 Å². The number of likely N-dealkylation sites (tertiary alicyclic amines) is 1. The molecule has 7 nitrogen and oxygen atoms in total. The lowest BCUT2D eigenvalue weighted by atomic mass is 9.90. The van der Waals surface area contributed by atoms with Gasteiger partial charge in [-0.2, -0.15) is 13.2 Å². The fourth-order valence-corrected chi connectivity index (χ4v) is 5.32. The molecule has 2 aromatic heterocycles. The average Bonchev–Trinajstić information content (AvgIpc) is 3.29. The number of amides is 2. The van der Waals surface area contributed by atoms with Gasteiger partial charge in [0.25, 0.3) is 0 Å².